The molecule has 0 fully saturated rings. The van der Waals surface area contributed by atoms with Gasteiger partial charge < -0.3 is 9.42 Å². The molecule has 4 rings (SSSR count). The maximum absolute atomic E-state index is 12.6. The Labute approximate surface area is 145 Å². The molecule has 1 aliphatic rings. The minimum absolute atomic E-state index is 0.212. The van der Waals surface area contributed by atoms with E-state index in [9.17, 15) is 18.0 Å². The lowest BCUT2D eigenvalue weighted by Gasteiger charge is -2.14. The molecule has 2 aromatic heterocycles. The molecule has 3 heterocycles. The molecular weight excluding hydrogens is 349 g/mol. The van der Waals surface area contributed by atoms with E-state index in [0.29, 0.717) is 18.7 Å². The predicted octanol–water partition coefficient (Wildman–Crippen LogP) is 3.31. The van der Waals surface area contributed by atoms with Crippen LogP contribution < -0.4 is 0 Å². The average molecular weight is 360 g/mol. The number of carbonyl (C=O) groups is 1. The van der Waals surface area contributed by atoms with E-state index in [4.69, 9.17) is 0 Å². The Morgan fingerprint density at radius 1 is 1.19 bits per heavy atom. The van der Waals surface area contributed by atoms with Crippen LogP contribution in [0.3, 0.4) is 0 Å². The summed E-state index contributed by atoms with van der Waals surface area (Å²) in [5, 5.41) is 3.35. The third-order valence-corrected chi connectivity index (χ3v) is 3.99. The molecule has 0 atom stereocenters. The standard InChI is InChI=1S/C17H11F3N4O2/c18-17(19,20)16-22-14(23-26-16)10-4-5-11-8-24(15(25)13(11)7-10)9-12-3-1-2-6-21-12/h1-7H,8-9H2. The van der Waals surface area contributed by atoms with Crippen molar-refractivity contribution in [1.82, 2.24) is 20.0 Å². The van der Waals surface area contributed by atoms with E-state index in [1.165, 1.54) is 6.07 Å². The molecule has 26 heavy (non-hydrogen) atoms. The molecule has 6 nitrogen and oxygen atoms in total. The van der Waals surface area contributed by atoms with Crippen LogP contribution in [0, 0.1) is 0 Å². The van der Waals surface area contributed by atoms with Crippen LogP contribution in [0.25, 0.3) is 11.4 Å². The summed E-state index contributed by atoms with van der Waals surface area (Å²) in [7, 11) is 0. The first kappa shape index (κ1) is 16.2. The molecule has 0 radical (unpaired) electrons. The van der Waals surface area contributed by atoms with Crippen molar-refractivity contribution in [3.8, 4) is 11.4 Å². The van der Waals surface area contributed by atoms with Crippen LogP contribution >= 0.6 is 0 Å². The largest absolute Gasteiger partial charge is 0.471 e. The third-order valence-electron chi connectivity index (χ3n) is 3.99. The van der Waals surface area contributed by atoms with E-state index in [2.05, 4.69) is 19.6 Å². The van der Waals surface area contributed by atoms with Crippen LogP contribution in [0.5, 0.6) is 0 Å². The zero-order valence-electron chi connectivity index (χ0n) is 13.2. The van der Waals surface area contributed by atoms with Crippen molar-refractivity contribution in [3.05, 3.63) is 65.3 Å². The Balaban J connectivity index is 1.59. The minimum atomic E-state index is -4.71. The first-order valence-electron chi connectivity index (χ1n) is 7.65. The van der Waals surface area contributed by atoms with E-state index in [-0.39, 0.29) is 17.3 Å². The molecule has 1 aliphatic heterocycles. The number of pyridine rings is 1. The first-order chi connectivity index (χ1) is 12.4. The summed E-state index contributed by atoms with van der Waals surface area (Å²) in [6, 6.07) is 10.2. The molecule has 1 amide bonds. The van der Waals surface area contributed by atoms with E-state index in [1.807, 2.05) is 12.1 Å². The molecule has 0 unspecified atom stereocenters. The zero-order chi connectivity index (χ0) is 18.3. The summed E-state index contributed by atoms with van der Waals surface area (Å²) in [6.45, 7) is 0.759. The third kappa shape index (κ3) is 2.92. The van der Waals surface area contributed by atoms with Crippen LogP contribution in [0.4, 0.5) is 13.2 Å². The second-order valence-corrected chi connectivity index (χ2v) is 5.78. The highest BCUT2D eigenvalue weighted by molar-refractivity contribution is 5.99. The summed E-state index contributed by atoms with van der Waals surface area (Å²) in [6.07, 6.45) is -3.06. The fourth-order valence-electron chi connectivity index (χ4n) is 2.77. The first-order valence-corrected chi connectivity index (χ1v) is 7.65. The van der Waals surface area contributed by atoms with Crippen molar-refractivity contribution < 1.29 is 22.5 Å². The Morgan fingerprint density at radius 3 is 2.73 bits per heavy atom. The van der Waals surface area contributed by atoms with E-state index in [1.54, 1.807) is 29.3 Å². The SMILES string of the molecule is O=C1c2cc(-c3noc(C(F)(F)F)n3)ccc2CN1Cc1ccccn1. The van der Waals surface area contributed by atoms with Gasteiger partial charge in [-0.3, -0.25) is 9.78 Å². The van der Waals surface area contributed by atoms with Crippen LogP contribution in [0.15, 0.2) is 47.1 Å². The minimum Gasteiger partial charge on any atom is -0.329 e. The van der Waals surface area contributed by atoms with Gasteiger partial charge in [0.2, 0.25) is 5.82 Å². The predicted molar refractivity (Wildman–Crippen MR) is 82.6 cm³/mol. The van der Waals surface area contributed by atoms with Gasteiger partial charge in [-0.05, 0) is 23.8 Å². The summed E-state index contributed by atoms with van der Waals surface area (Å²) in [4.78, 5) is 21.8. The summed E-state index contributed by atoms with van der Waals surface area (Å²) >= 11 is 0. The fourth-order valence-corrected chi connectivity index (χ4v) is 2.77. The fraction of sp³-hybridized carbons (Fsp3) is 0.176. The van der Waals surface area contributed by atoms with Gasteiger partial charge in [-0.2, -0.15) is 18.2 Å². The number of fused-ring (bicyclic) bond motifs is 1. The Bertz CT molecular complexity index is 970. The lowest BCUT2D eigenvalue weighted by Crippen LogP contribution is -2.23. The summed E-state index contributed by atoms with van der Waals surface area (Å²) < 4.78 is 42.0. The Kier molecular flexibility index (Phi) is 3.71. The quantitative estimate of drug-likeness (QED) is 0.717. The number of hydrogen-bond acceptors (Lipinski definition) is 5. The maximum Gasteiger partial charge on any atom is 0.471 e. The summed E-state index contributed by atoms with van der Waals surface area (Å²) in [5.41, 5.74) is 2.24. The van der Waals surface area contributed by atoms with Crippen LogP contribution in [-0.4, -0.2) is 25.9 Å². The van der Waals surface area contributed by atoms with Gasteiger partial charge in [-0.1, -0.05) is 23.4 Å². The summed E-state index contributed by atoms with van der Waals surface area (Å²) in [5.74, 6) is -1.85. The molecular formula is C17H11F3N4O2. The van der Waals surface area contributed by atoms with E-state index in [0.717, 1.165) is 11.3 Å². The van der Waals surface area contributed by atoms with Crippen LogP contribution in [0.2, 0.25) is 0 Å². The average Bonchev–Trinajstić information content (AvgIpc) is 3.22. The number of benzene rings is 1. The van der Waals surface area contributed by atoms with Crippen molar-refractivity contribution >= 4 is 5.91 Å². The van der Waals surface area contributed by atoms with Crippen molar-refractivity contribution in [3.63, 3.8) is 0 Å². The molecule has 132 valence electrons. The number of amides is 1. The number of alkyl halides is 3. The van der Waals surface area contributed by atoms with Crippen LogP contribution in [0.1, 0.15) is 27.5 Å². The van der Waals surface area contributed by atoms with Gasteiger partial charge in [-0.25, -0.2) is 0 Å². The van der Waals surface area contributed by atoms with Gasteiger partial charge in [0.05, 0.1) is 12.2 Å². The van der Waals surface area contributed by atoms with E-state index >= 15 is 0 Å². The number of nitrogens with zero attached hydrogens (tertiary/aromatic N) is 4. The molecule has 0 saturated heterocycles. The van der Waals surface area contributed by atoms with Gasteiger partial charge in [0, 0.05) is 23.9 Å². The van der Waals surface area contributed by atoms with Crippen molar-refractivity contribution in [2.24, 2.45) is 0 Å². The Morgan fingerprint density at radius 2 is 2.04 bits per heavy atom. The van der Waals surface area contributed by atoms with Crippen LogP contribution in [-0.2, 0) is 19.3 Å². The van der Waals surface area contributed by atoms with Crippen molar-refractivity contribution in [2.75, 3.05) is 0 Å². The van der Waals surface area contributed by atoms with Gasteiger partial charge in [-0.15, -0.1) is 0 Å². The van der Waals surface area contributed by atoms with Gasteiger partial charge in [0.15, 0.2) is 0 Å². The highest BCUT2D eigenvalue weighted by Gasteiger charge is 2.38. The van der Waals surface area contributed by atoms with Crippen molar-refractivity contribution in [2.45, 2.75) is 19.3 Å². The topological polar surface area (TPSA) is 72.1 Å². The molecule has 0 bridgehead atoms. The molecule has 0 aliphatic carbocycles. The monoisotopic (exact) mass is 360 g/mol. The maximum atomic E-state index is 12.6. The van der Waals surface area contributed by atoms with Gasteiger partial charge >= 0.3 is 12.1 Å². The molecule has 9 heteroatoms. The normalized spacial score (nSPS) is 14.0. The number of aromatic nitrogens is 3. The number of rotatable bonds is 3. The second kappa shape index (κ2) is 5.94. The zero-order valence-corrected chi connectivity index (χ0v) is 13.2. The molecule has 3 aromatic rings. The smallest absolute Gasteiger partial charge is 0.329 e. The number of halogens is 3. The van der Waals surface area contributed by atoms with Crippen molar-refractivity contribution in [1.29, 1.82) is 0 Å². The van der Waals surface area contributed by atoms with E-state index < -0.39 is 12.1 Å². The highest BCUT2D eigenvalue weighted by atomic mass is 19.4. The second-order valence-electron chi connectivity index (χ2n) is 5.78. The van der Waals surface area contributed by atoms with Gasteiger partial charge in [0.25, 0.3) is 5.91 Å². The highest BCUT2D eigenvalue weighted by Crippen LogP contribution is 2.31. The lowest BCUT2D eigenvalue weighted by molar-refractivity contribution is -0.159. The Hall–Kier alpha value is -3.23. The molecule has 0 N–H and O–H groups in total. The molecule has 1 aromatic carbocycles. The molecule has 0 spiro atoms. The van der Waals surface area contributed by atoms with Gasteiger partial charge in [0.1, 0.15) is 0 Å². The number of carbonyl (C=O) groups excluding carboxylic acids is 1. The molecule has 0 saturated carbocycles. The number of hydrogen-bond donors (Lipinski definition) is 0. The lowest BCUT2D eigenvalue weighted by atomic mass is 10.1.